The molecule has 0 saturated carbocycles. The molecule has 0 spiro atoms. The number of hydrogen-bond donors (Lipinski definition) is 0. The Bertz CT molecular complexity index is 6010. The molecule has 0 N–H and O–H groups in total. The minimum Gasteiger partial charge on any atom is -0.311 e. The van der Waals surface area contributed by atoms with Gasteiger partial charge >= 0.3 is 0 Å². The minimum absolute atomic E-state index is 0.294. The Hall–Kier alpha value is -13.1. The Morgan fingerprint density at radius 3 is 0.963 bits per heavy atom. The van der Waals surface area contributed by atoms with E-state index in [1.54, 1.807) is 0 Å². The molecule has 2 aliphatic rings. The largest absolute Gasteiger partial charge is 0.311 e. The number of rotatable bonds is 16. The van der Waals surface area contributed by atoms with Crippen LogP contribution in [-0.2, 0) is 0 Å². The van der Waals surface area contributed by atoms with Gasteiger partial charge in [0.15, 0.2) is 24.2 Å². The molecule has 512 valence electrons. The van der Waals surface area contributed by atoms with Gasteiger partial charge in [-0.15, -0.1) is 0 Å². The van der Waals surface area contributed by atoms with E-state index in [1.807, 2.05) is 0 Å². The van der Waals surface area contributed by atoms with Crippen molar-refractivity contribution >= 4 is 165 Å². The molecule has 0 bridgehead atoms. The molecule has 3 heterocycles. The first-order chi connectivity index (χ1) is 54.1. The molecule has 0 atom stereocenters. The van der Waals surface area contributed by atoms with Crippen LogP contribution in [0.3, 0.4) is 0 Å². The highest BCUT2D eigenvalue weighted by Crippen LogP contribution is 2.48. The van der Waals surface area contributed by atoms with Crippen LogP contribution in [0.15, 0.2) is 449 Å². The lowest BCUT2D eigenvalue weighted by atomic mass is 9.33. The summed E-state index contributed by atoms with van der Waals surface area (Å²) in [6.45, 7) is -0.294. The van der Waals surface area contributed by atoms with Crippen LogP contribution in [-0.4, -0.2) is 35.5 Å². The zero-order valence-corrected chi connectivity index (χ0v) is 63.1. The zero-order chi connectivity index (χ0) is 72.3. The summed E-state index contributed by atoms with van der Waals surface area (Å²) in [5.41, 5.74) is 16.1. The van der Waals surface area contributed by atoms with Gasteiger partial charge in [-0.1, -0.05) is 394 Å². The van der Waals surface area contributed by atoms with Gasteiger partial charge in [-0.2, -0.15) is 0 Å². The summed E-state index contributed by atoms with van der Waals surface area (Å²) < 4.78 is 2.55. The maximum Gasteiger partial charge on any atom is 0.252 e. The molecule has 17 aromatic carbocycles. The number of fused-ring (bicyclic) bond motifs is 7. The standard InChI is InChI=1S/C102H74BN3Si3/c1-11-38-75(39-12-1)90-60-31-34-63-95(90)106-98-69-67-88(108(81-47-19-5-20-48-81,82-49-21-6-22-50-82)83-51-23-7-24-52-83)73-94(98)103-93-68-66-89(109(84-53-25-8-26-54-84,85-55-27-9-28-56-85)86-57-29-10-30-58-86)74-99(93)104(100-71-77(72-101(106)102(100)103)105-96-64-35-32-61-91(96)92-62-33-36-65-97(92)105)76-40-37-59-87(70-76)107(78-41-13-2-14-42-78,79-43-15-3-16-44-79)80-45-17-4-18-46-80/h1-74H. The number of hydrogen-bond acceptors (Lipinski definition) is 2. The Morgan fingerprint density at radius 1 is 0.193 bits per heavy atom. The maximum absolute atomic E-state index is 3.24. The van der Waals surface area contributed by atoms with E-state index in [1.165, 1.54) is 89.4 Å². The molecule has 0 radical (unpaired) electrons. The fraction of sp³-hybridized carbons (Fsp3) is 0. The quantitative estimate of drug-likeness (QED) is 0.0706. The number of aromatic nitrogens is 1. The first-order valence-corrected chi connectivity index (χ1v) is 43.9. The first kappa shape index (κ1) is 65.4. The van der Waals surface area contributed by atoms with Gasteiger partial charge in [-0.25, -0.2) is 0 Å². The Balaban J connectivity index is 0.973. The SMILES string of the molecule is c1ccc(-c2ccccc2N2c3ccc([Si](c4ccccc4)(c4ccccc4)c4ccccc4)cc3B3c4ccc([Si](c5ccccc5)(c5ccccc5)c5ccccc5)cc4N(c4cccc([Si](c5ccccc5)(c5ccccc5)c5ccccc5)c4)c4cc(-n5c6ccccc6c6ccccc65)cc2c43)cc1. The summed E-state index contributed by atoms with van der Waals surface area (Å²) >= 11 is 0. The highest BCUT2D eigenvalue weighted by atomic mass is 28.3. The van der Waals surface area contributed by atoms with Gasteiger partial charge in [0.1, 0.15) is 0 Å². The highest BCUT2D eigenvalue weighted by Gasteiger charge is 2.50. The van der Waals surface area contributed by atoms with Crippen LogP contribution in [0.5, 0.6) is 0 Å². The molecule has 18 aromatic rings. The summed E-state index contributed by atoms with van der Waals surface area (Å²) in [6, 6.07) is 172. The van der Waals surface area contributed by atoms with Crippen LogP contribution in [0.2, 0.25) is 0 Å². The van der Waals surface area contributed by atoms with Crippen LogP contribution in [0, 0.1) is 0 Å². The molecular formula is C102H74BN3Si3. The van der Waals surface area contributed by atoms with Gasteiger partial charge in [0, 0.05) is 44.8 Å². The van der Waals surface area contributed by atoms with Crippen LogP contribution >= 0.6 is 0 Å². The maximum atomic E-state index is 2.72. The predicted octanol–water partition coefficient (Wildman–Crippen LogP) is 14.7. The monoisotopic (exact) mass is 1440 g/mol. The molecule has 0 amide bonds. The Kier molecular flexibility index (Phi) is 16.4. The second-order valence-electron chi connectivity index (χ2n) is 28.9. The van der Waals surface area contributed by atoms with E-state index in [-0.39, 0.29) is 6.71 Å². The van der Waals surface area contributed by atoms with Gasteiger partial charge in [0.2, 0.25) is 0 Å². The van der Waals surface area contributed by atoms with Crippen LogP contribution in [0.25, 0.3) is 38.6 Å². The van der Waals surface area contributed by atoms with Crippen molar-refractivity contribution in [3.8, 4) is 16.8 Å². The Labute approximate surface area is 641 Å². The lowest BCUT2D eigenvalue weighted by Crippen LogP contribution is -2.75. The van der Waals surface area contributed by atoms with Crippen molar-refractivity contribution in [3.63, 3.8) is 0 Å². The lowest BCUT2D eigenvalue weighted by Gasteiger charge is -2.46. The van der Waals surface area contributed by atoms with Crippen LogP contribution in [0.1, 0.15) is 0 Å². The van der Waals surface area contributed by atoms with E-state index in [2.05, 4.69) is 463 Å². The Morgan fingerprint density at radius 2 is 0.532 bits per heavy atom. The second-order valence-corrected chi connectivity index (χ2v) is 40.3. The molecule has 0 saturated heterocycles. The summed E-state index contributed by atoms with van der Waals surface area (Å²) in [7, 11) is -9.59. The van der Waals surface area contributed by atoms with Crippen molar-refractivity contribution in [2.75, 3.05) is 9.80 Å². The third-order valence-electron chi connectivity index (χ3n) is 23.4. The fourth-order valence-corrected chi connectivity index (χ4v) is 33.3. The number of benzene rings is 17. The number of para-hydroxylation sites is 3. The normalized spacial score (nSPS) is 12.5. The summed E-state index contributed by atoms with van der Waals surface area (Å²) in [6.07, 6.45) is 0. The summed E-state index contributed by atoms with van der Waals surface area (Å²) in [5.74, 6) is 0. The van der Waals surface area contributed by atoms with Crippen LogP contribution in [0.4, 0.5) is 34.1 Å². The molecule has 20 rings (SSSR count). The number of nitrogens with zero attached hydrogens (tertiary/aromatic N) is 3. The minimum atomic E-state index is -3.24. The molecule has 109 heavy (non-hydrogen) atoms. The van der Waals surface area contributed by atoms with E-state index in [9.17, 15) is 0 Å². The zero-order valence-electron chi connectivity index (χ0n) is 60.1. The average molecular weight is 1440 g/mol. The third kappa shape index (κ3) is 10.4. The van der Waals surface area contributed by atoms with Gasteiger partial charge in [-0.3, -0.25) is 0 Å². The average Bonchev–Trinajstić information content (AvgIpc) is 0.787. The van der Waals surface area contributed by atoms with E-state index in [0.717, 1.165) is 62.0 Å². The second kappa shape index (κ2) is 27.3. The van der Waals surface area contributed by atoms with Crippen molar-refractivity contribution in [2.45, 2.75) is 0 Å². The molecular weight excluding hydrogens is 1360 g/mol. The van der Waals surface area contributed by atoms with Gasteiger partial charge < -0.3 is 14.4 Å². The highest BCUT2D eigenvalue weighted by molar-refractivity contribution is 7.21. The van der Waals surface area contributed by atoms with E-state index in [0.29, 0.717) is 0 Å². The topological polar surface area (TPSA) is 11.4 Å². The summed E-state index contributed by atoms with van der Waals surface area (Å²) in [4.78, 5) is 5.39. The van der Waals surface area contributed by atoms with Crippen molar-refractivity contribution in [1.29, 1.82) is 0 Å². The number of anilines is 6. The first-order valence-electron chi connectivity index (χ1n) is 37.9. The van der Waals surface area contributed by atoms with Crippen LogP contribution < -0.4 is 88.4 Å². The molecule has 0 aliphatic carbocycles. The van der Waals surface area contributed by atoms with E-state index >= 15 is 0 Å². The molecule has 2 aliphatic heterocycles. The smallest absolute Gasteiger partial charge is 0.252 e. The van der Waals surface area contributed by atoms with Gasteiger partial charge in [0.05, 0.1) is 22.4 Å². The fourth-order valence-electron chi connectivity index (χ4n) is 18.9. The lowest BCUT2D eigenvalue weighted by molar-refractivity contribution is 1.16. The molecule has 0 fully saturated rings. The van der Waals surface area contributed by atoms with E-state index in [4.69, 9.17) is 0 Å². The van der Waals surface area contributed by atoms with Gasteiger partial charge in [0.25, 0.3) is 6.71 Å². The molecule has 0 unspecified atom stereocenters. The van der Waals surface area contributed by atoms with Crippen molar-refractivity contribution in [3.05, 3.63) is 449 Å². The van der Waals surface area contributed by atoms with Crippen molar-refractivity contribution in [1.82, 2.24) is 4.57 Å². The predicted molar refractivity (Wildman–Crippen MR) is 471 cm³/mol. The molecule has 1 aromatic heterocycles. The molecule has 3 nitrogen and oxygen atoms in total. The summed E-state index contributed by atoms with van der Waals surface area (Å²) in [5, 5.41) is 18.2. The van der Waals surface area contributed by atoms with Crippen molar-refractivity contribution < 1.29 is 0 Å². The van der Waals surface area contributed by atoms with Crippen molar-refractivity contribution in [2.24, 2.45) is 0 Å². The third-order valence-corrected chi connectivity index (χ3v) is 37.7. The molecule has 7 heteroatoms. The van der Waals surface area contributed by atoms with E-state index < -0.39 is 24.2 Å². The van der Waals surface area contributed by atoms with Gasteiger partial charge in [-0.05, 0) is 139 Å².